The molecule has 0 unspecified atom stereocenters. The number of ether oxygens (including phenoxy) is 2. The smallest absolute Gasteiger partial charge is 0.261 e. The Morgan fingerprint density at radius 3 is 2.44 bits per heavy atom. The molecule has 5 nitrogen and oxygen atoms in total. The predicted molar refractivity (Wildman–Crippen MR) is 135 cm³/mol. The van der Waals surface area contributed by atoms with Gasteiger partial charge in [0.2, 0.25) is 0 Å². The van der Waals surface area contributed by atoms with Gasteiger partial charge >= 0.3 is 0 Å². The summed E-state index contributed by atoms with van der Waals surface area (Å²) in [5.41, 5.74) is 2.12. The van der Waals surface area contributed by atoms with Crippen molar-refractivity contribution >= 4 is 44.9 Å². The van der Waals surface area contributed by atoms with Crippen LogP contribution < -0.4 is 20.1 Å². The van der Waals surface area contributed by atoms with E-state index >= 15 is 0 Å². The number of halogens is 1. The first-order valence-corrected chi connectivity index (χ1v) is 11.4. The fourth-order valence-electron chi connectivity index (χ4n) is 2.82. The summed E-state index contributed by atoms with van der Waals surface area (Å²) >= 11 is 8.79. The molecule has 0 radical (unpaired) electrons. The van der Waals surface area contributed by atoms with E-state index in [9.17, 15) is 4.79 Å². The Hall–Kier alpha value is -2.90. The molecule has 0 aromatic heterocycles. The van der Waals surface area contributed by atoms with Crippen LogP contribution in [0.5, 0.6) is 11.5 Å². The summed E-state index contributed by atoms with van der Waals surface area (Å²) in [5.74, 6) is 1.13. The van der Waals surface area contributed by atoms with Crippen molar-refractivity contribution < 1.29 is 14.3 Å². The number of rotatable bonds is 8. The minimum atomic E-state index is -0.356. The molecule has 0 heterocycles. The second-order valence-corrected chi connectivity index (χ2v) is 8.85. The Balaban J connectivity index is 1.66. The first-order chi connectivity index (χ1) is 15.4. The van der Waals surface area contributed by atoms with Crippen LogP contribution in [0.4, 0.5) is 5.69 Å². The molecular formula is C25H25BrN2O3S. The second kappa shape index (κ2) is 11.6. The van der Waals surface area contributed by atoms with E-state index in [0.717, 1.165) is 10.0 Å². The van der Waals surface area contributed by atoms with Crippen molar-refractivity contribution in [3.05, 3.63) is 88.4 Å². The van der Waals surface area contributed by atoms with E-state index in [1.165, 1.54) is 0 Å². The highest BCUT2D eigenvalue weighted by atomic mass is 79.9. The lowest BCUT2D eigenvalue weighted by molar-refractivity contribution is 0.0973. The van der Waals surface area contributed by atoms with Gasteiger partial charge in [0, 0.05) is 4.47 Å². The van der Waals surface area contributed by atoms with Crippen LogP contribution >= 0.6 is 28.1 Å². The summed E-state index contributed by atoms with van der Waals surface area (Å²) in [5, 5.41) is 5.95. The molecule has 3 rings (SSSR count). The van der Waals surface area contributed by atoms with Gasteiger partial charge in [-0.25, -0.2) is 0 Å². The van der Waals surface area contributed by atoms with Gasteiger partial charge in [-0.05, 0) is 54.0 Å². The third-order valence-corrected chi connectivity index (χ3v) is 5.06. The number of anilines is 1. The Morgan fingerprint density at radius 1 is 0.969 bits per heavy atom. The molecule has 7 heteroatoms. The predicted octanol–water partition coefficient (Wildman–Crippen LogP) is 6.19. The van der Waals surface area contributed by atoms with Crippen LogP contribution in [-0.4, -0.2) is 17.6 Å². The molecule has 0 fully saturated rings. The molecule has 0 aliphatic carbocycles. The van der Waals surface area contributed by atoms with Gasteiger partial charge in [0.25, 0.3) is 5.91 Å². The molecule has 0 saturated carbocycles. The highest BCUT2D eigenvalue weighted by molar-refractivity contribution is 9.10. The monoisotopic (exact) mass is 512 g/mol. The third kappa shape index (κ3) is 7.07. The molecule has 32 heavy (non-hydrogen) atoms. The standard InChI is InChI=1S/C25H25BrN2O3S/c1-17(2)15-30-22-13-12-19(26)14-20(22)24(29)28-25(32)27-21-10-6-7-11-23(21)31-16-18-8-4-3-5-9-18/h3-14,17H,15-16H2,1-2H3,(H2,27,28,29,32). The summed E-state index contributed by atoms with van der Waals surface area (Å²) in [7, 11) is 0. The van der Waals surface area contributed by atoms with E-state index in [2.05, 4.69) is 40.4 Å². The van der Waals surface area contributed by atoms with Crippen LogP contribution in [0, 0.1) is 5.92 Å². The maximum atomic E-state index is 12.9. The molecule has 2 N–H and O–H groups in total. The molecule has 166 valence electrons. The van der Waals surface area contributed by atoms with Gasteiger partial charge in [0.15, 0.2) is 5.11 Å². The van der Waals surface area contributed by atoms with Crippen molar-refractivity contribution in [1.82, 2.24) is 5.32 Å². The van der Waals surface area contributed by atoms with Gasteiger partial charge in [-0.2, -0.15) is 0 Å². The molecule has 0 atom stereocenters. The van der Waals surface area contributed by atoms with Gasteiger partial charge in [-0.15, -0.1) is 0 Å². The first kappa shape index (κ1) is 23.8. The van der Waals surface area contributed by atoms with E-state index < -0.39 is 0 Å². The summed E-state index contributed by atoms with van der Waals surface area (Å²) in [6.07, 6.45) is 0. The average molecular weight is 513 g/mol. The quantitative estimate of drug-likeness (QED) is 0.352. The van der Waals surface area contributed by atoms with Crippen molar-refractivity contribution in [2.45, 2.75) is 20.5 Å². The van der Waals surface area contributed by atoms with E-state index in [0.29, 0.717) is 41.9 Å². The van der Waals surface area contributed by atoms with Crippen molar-refractivity contribution in [2.75, 3.05) is 11.9 Å². The maximum Gasteiger partial charge on any atom is 0.261 e. The lowest BCUT2D eigenvalue weighted by Gasteiger charge is -2.16. The minimum absolute atomic E-state index is 0.167. The number of para-hydroxylation sites is 2. The zero-order chi connectivity index (χ0) is 22.9. The normalized spacial score (nSPS) is 10.5. The molecular weight excluding hydrogens is 488 g/mol. The highest BCUT2D eigenvalue weighted by Gasteiger charge is 2.16. The Bertz CT molecular complexity index is 1070. The minimum Gasteiger partial charge on any atom is -0.492 e. The van der Waals surface area contributed by atoms with Crippen LogP contribution in [-0.2, 0) is 6.61 Å². The van der Waals surface area contributed by atoms with Crippen molar-refractivity contribution in [3.63, 3.8) is 0 Å². The number of hydrogen-bond acceptors (Lipinski definition) is 4. The fraction of sp³-hybridized carbons (Fsp3) is 0.200. The number of carbonyl (C=O) groups is 1. The Labute approximate surface area is 202 Å². The van der Waals surface area contributed by atoms with Gasteiger partial charge in [-0.3, -0.25) is 10.1 Å². The molecule has 0 aliphatic heterocycles. The van der Waals surface area contributed by atoms with Crippen LogP contribution in [0.25, 0.3) is 0 Å². The lowest BCUT2D eigenvalue weighted by Crippen LogP contribution is -2.34. The Kier molecular flexibility index (Phi) is 8.64. The lowest BCUT2D eigenvalue weighted by atomic mass is 10.2. The molecule has 3 aromatic rings. The maximum absolute atomic E-state index is 12.9. The number of amides is 1. The number of benzene rings is 3. The van der Waals surface area contributed by atoms with E-state index in [1.54, 1.807) is 12.1 Å². The number of nitrogens with one attached hydrogen (secondary N) is 2. The van der Waals surface area contributed by atoms with E-state index in [4.69, 9.17) is 21.7 Å². The molecule has 0 bridgehead atoms. The topological polar surface area (TPSA) is 59.6 Å². The number of hydrogen-bond donors (Lipinski definition) is 2. The molecule has 0 saturated heterocycles. The van der Waals surface area contributed by atoms with Gasteiger partial charge in [0.1, 0.15) is 18.1 Å². The van der Waals surface area contributed by atoms with E-state index in [-0.39, 0.29) is 11.0 Å². The number of carbonyl (C=O) groups excluding carboxylic acids is 1. The largest absolute Gasteiger partial charge is 0.492 e. The van der Waals surface area contributed by atoms with E-state index in [1.807, 2.05) is 60.7 Å². The van der Waals surface area contributed by atoms with Gasteiger partial charge in [0.05, 0.1) is 17.9 Å². The second-order valence-electron chi connectivity index (χ2n) is 7.52. The number of thiocarbonyl (C=S) groups is 1. The summed E-state index contributed by atoms with van der Waals surface area (Å²) in [6.45, 7) is 5.04. The van der Waals surface area contributed by atoms with Crippen LogP contribution in [0.1, 0.15) is 29.8 Å². The average Bonchev–Trinajstić information content (AvgIpc) is 2.78. The molecule has 0 aliphatic rings. The zero-order valence-corrected chi connectivity index (χ0v) is 20.3. The van der Waals surface area contributed by atoms with Crippen LogP contribution in [0.3, 0.4) is 0 Å². The first-order valence-electron chi connectivity index (χ1n) is 10.2. The van der Waals surface area contributed by atoms with Crippen molar-refractivity contribution in [3.8, 4) is 11.5 Å². The Morgan fingerprint density at radius 2 is 1.69 bits per heavy atom. The van der Waals surface area contributed by atoms with Crippen LogP contribution in [0.2, 0.25) is 0 Å². The third-order valence-electron chi connectivity index (χ3n) is 4.36. The molecule has 1 amide bonds. The summed E-state index contributed by atoms with van der Waals surface area (Å²) in [6, 6.07) is 22.7. The fourth-order valence-corrected chi connectivity index (χ4v) is 3.38. The van der Waals surface area contributed by atoms with Gasteiger partial charge < -0.3 is 14.8 Å². The molecule has 0 spiro atoms. The van der Waals surface area contributed by atoms with Gasteiger partial charge in [-0.1, -0.05) is 72.2 Å². The van der Waals surface area contributed by atoms with Crippen molar-refractivity contribution in [2.24, 2.45) is 5.92 Å². The highest BCUT2D eigenvalue weighted by Crippen LogP contribution is 2.26. The zero-order valence-electron chi connectivity index (χ0n) is 17.9. The summed E-state index contributed by atoms with van der Waals surface area (Å²) < 4.78 is 12.5. The van der Waals surface area contributed by atoms with Crippen molar-refractivity contribution in [1.29, 1.82) is 0 Å². The molecule has 3 aromatic carbocycles. The summed E-state index contributed by atoms with van der Waals surface area (Å²) in [4.78, 5) is 12.9. The van der Waals surface area contributed by atoms with Crippen LogP contribution in [0.15, 0.2) is 77.3 Å². The SMILES string of the molecule is CC(C)COc1ccc(Br)cc1C(=O)NC(=S)Nc1ccccc1OCc1ccccc1.